The number of esters is 3. The van der Waals surface area contributed by atoms with Crippen LogP contribution in [0.4, 0.5) is 0 Å². The Hall–Kier alpha value is -4.45. The van der Waals surface area contributed by atoms with Crippen molar-refractivity contribution in [3.63, 3.8) is 0 Å². The Bertz CT molecular complexity index is 1620. The van der Waals surface area contributed by atoms with Crippen molar-refractivity contribution in [1.82, 2.24) is 0 Å². The van der Waals surface area contributed by atoms with Gasteiger partial charge in [-0.15, -0.1) is 0 Å². The van der Waals surface area contributed by atoms with E-state index in [-0.39, 0.29) is 31.1 Å². The average molecular weight is 1040 g/mol. The molecule has 0 aromatic rings. The highest BCUT2D eigenvalue weighted by Crippen LogP contribution is 2.14. The van der Waals surface area contributed by atoms with E-state index in [1.165, 1.54) is 77.0 Å². The summed E-state index contributed by atoms with van der Waals surface area (Å²) in [5, 5.41) is 0. The minimum absolute atomic E-state index is 0.102. The van der Waals surface area contributed by atoms with E-state index in [0.29, 0.717) is 19.3 Å². The van der Waals surface area contributed by atoms with Crippen molar-refractivity contribution < 1.29 is 28.6 Å². The number of hydrogen-bond acceptors (Lipinski definition) is 6. The molecule has 0 N–H and O–H groups in total. The van der Waals surface area contributed by atoms with Gasteiger partial charge in [-0.2, -0.15) is 0 Å². The highest BCUT2D eigenvalue weighted by molar-refractivity contribution is 5.71. The van der Waals surface area contributed by atoms with Crippen LogP contribution in [0.25, 0.3) is 0 Å². The van der Waals surface area contributed by atoms with Gasteiger partial charge in [0.15, 0.2) is 6.10 Å². The largest absolute Gasteiger partial charge is 0.462 e. The highest BCUT2D eigenvalue weighted by atomic mass is 16.6. The molecular weight excluding hydrogens is 925 g/mol. The first-order chi connectivity index (χ1) is 37.0. The zero-order valence-corrected chi connectivity index (χ0v) is 48.5. The molecule has 75 heavy (non-hydrogen) atoms. The van der Waals surface area contributed by atoms with Gasteiger partial charge in [0.25, 0.3) is 0 Å². The number of ether oxygens (including phenoxy) is 3. The number of rotatable bonds is 54. The summed E-state index contributed by atoms with van der Waals surface area (Å²) in [6.07, 6.45) is 87.3. The molecule has 0 radical (unpaired) electrons. The van der Waals surface area contributed by atoms with Crippen LogP contribution >= 0.6 is 0 Å². The molecule has 0 aromatic heterocycles. The van der Waals surface area contributed by atoms with E-state index in [4.69, 9.17) is 14.2 Å². The van der Waals surface area contributed by atoms with Crippen LogP contribution < -0.4 is 0 Å². The van der Waals surface area contributed by atoms with Crippen molar-refractivity contribution in [2.24, 2.45) is 0 Å². The van der Waals surface area contributed by atoms with Crippen LogP contribution in [0.5, 0.6) is 0 Å². The predicted molar refractivity (Wildman–Crippen MR) is 325 cm³/mol. The maximum atomic E-state index is 12.9. The molecular formula is C69H112O6. The second-order valence-corrected chi connectivity index (χ2v) is 19.9. The van der Waals surface area contributed by atoms with Gasteiger partial charge in [0.05, 0.1) is 0 Å². The molecule has 0 fully saturated rings. The number of hydrogen-bond donors (Lipinski definition) is 0. The Morgan fingerprint density at radius 2 is 0.520 bits per heavy atom. The van der Waals surface area contributed by atoms with E-state index < -0.39 is 6.10 Å². The van der Waals surface area contributed by atoms with Gasteiger partial charge >= 0.3 is 17.9 Å². The van der Waals surface area contributed by atoms with Crippen LogP contribution in [0.3, 0.4) is 0 Å². The molecule has 1 atom stereocenters. The van der Waals surface area contributed by atoms with Crippen LogP contribution in [0.2, 0.25) is 0 Å². The summed E-state index contributed by atoms with van der Waals surface area (Å²) in [6, 6.07) is 0. The van der Waals surface area contributed by atoms with Crippen molar-refractivity contribution in [2.45, 2.75) is 271 Å². The predicted octanol–water partition coefficient (Wildman–Crippen LogP) is 21.0. The third-order valence-corrected chi connectivity index (χ3v) is 12.6. The van der Waals surface area contributed by atoms with Gasteiger partial charge in [-0.1, -0.05) is 238 Å². The second kappa shape index (κ2) is 62.1. The van der Waals surface area contributed by atoms with Crippen LogP contribution in [0.15, 0.2) is 134 Å². The minimum Gasteiger partial charge on any atom is -0.462 e. The van der Waals surface area contributed by atoms with Crippen LogP contribution in [0, 0.1) is 0 Å². The van der Waals surface area contributed by atoms with E-state index in [0.717, 1.165) is 148 Å². The first-order valence-electron chi connectivity index (χ1n) is 30.7. The molecule has 0 saturated carbocycles. The summed E-state index contributed by atoms with van der Waals surface area (Å²) in [6.45, 7) is 6.44. The normalized spacial score (nSPS) is 13.1. The molecule has 0 aromatic carbocycles. The van der Waals surface area contributed by atoms with Gasteiger partial charge in [-0.25, -0.2) is 0 Å². The Labute approximate surface area is 462 Å². The van der Waals surface area contributed by atoms with Crippen molar-refractivity contribution in [3.8, 4) is 0 Å². The lowest BCUT2D eigenvalue weighted by Gasteiger charge is -2.18. The molecule has 0 saturated heterocycles. The zero-order valence-electron chi connectivity index (χ0n) is 48.5. The third kappa shape index (κ3) is 60.3. The Morgan fingerprint density at radius 1 is 0.280 bits per heavy atom. The van der Waals surface area contributed by atoms with Gasteiger partial charge in [0.1, 0.15) is 13.2 Å². The van der Waals surface area contributed by atoms with E-state index in [2.05, 4.69) is 154 Å². The topological polar surface area (TPSA) is 78.9 Å². The number of unbranched alkanes of at least 4 members (excludes halogenated alkanes) is 21. The Kier molecular flexibility index (Phi) is 58.4. The van der Waals surface area contributed by atoms with Crippen molar-refractivity contribution in [1.29, 1.82) is 0 Å². The van der Waals surface area contributed by atoms with Crippen LogP contribution in [-0.2, 0) is 28.6 Å². The van der Waals surface area contributed by atoms with Crippen molar-refractivity contribution in [2.75, 3.05) is 13.2 Å². The smallest absolute Gasteiger partial charge is 0.306 e. The molecule has 0 rings (SSSR count). The fraction of sp³-hybridized carbons (Fsp3) is 0.638. The Balaban J connectivity index is 4.47. The van der Waals surface area contributed by atoms with Crippen LogP contribution in [-0.4, -0.2) is 37.2 Å². The summed E-state index contributed by atoms with van der Waals surface area (Å²) in [7, 11) is 0. The molecule has 0 aliphatic heterocycles. The monoisotopic (exact) mass is 1040 g/mol. The number of carbonyl (C=O) groups excluding carboxylic acids is 3. The fourth-order valence-corrected chi connectivity index (χ4v) is 8.01. The van der Waals surface area contributed by atoms with Gasteiger partial charge in [-0.05, 0) is 141 Å². The maximum absolute atomic E-state index is 12.9. The summed E-state index contributed by atoms with van der Waals surface area (Å²) >= 11 is 0. The fourth-order valence-electron chi connectivity index (χ4n) is 8.01. The van der Waals surface area contributed by atoms with Crippen LogP contribution in [0.1, 0.15) is 265 Å². The summed E-state index contributed by atoms with van der Waals surface area (Å²) in [5.41, 5.74) is 0. The van der Waals surface area contributed by atoms with Crippen molar-refractivity contribution in [3.05, 3.63) is 134 Å². The number of carbonyl (C=O) groups is 3. The van der Waals surface area contributed by atoms with E-state index in [9.17, 15) is 14.4 Å². The molecule has 0 spiro atoms. The lowest BCUT2D eigenvalue weighted by atomic mass is 10.1. The van der Waals surface area contributed by atoms with Gasteiger partial charge in [0.2, 0.25) is 0 Å². The summed E-state index contributed by atoms with van der Waals surface area (Å²) in [4.78, 5) is 38.2. The Morgan fingerprint density at radius 3 is 0.867 bits per heavy atom. The lowest BCUT2D eigenvalue weighted by molar-refractivity contribution is -0.167. The summed E-state index contributed by atoms with van der Waals surface area (Å²) < 4.78 is 16.9. The third-order valence-electron chi connectivity index (χ3n) is 12.6. The summed E-state index contributed by atoms with van der Waals surface area (Å²) in [5.74, 6) is -0.958. The maximum Gasteiger partial charge on any atom is 0.306 e. The van der Waals surface area contributed by atoms with Gasteiger partial charge in [-0.3, -0.25) is 14.4 Å². The minimum atomic E-state index is -0.808. The standard InChI is InChI=1S/C69H112O6/c1-4-7-10-13-16-19-22-25-27-29-31-32-33-34-35-36-38-39-41-44-47-50-53-56-59-62-68(71)74-65-66(64-73-67(70)61-58-55-52-49-46-43-24-21-18-15-12-9-6-3)75-69(72)63-60-57-54-51-48-45-42-40-37-30-28-26-23-20-17-14-11-8-5-2/h7,10,16-17,19-21,24-28,31-32,34-35,37-40,44,47,66H,4-6,8-9,11-15,18,22-23,29-30,33,36,41-43,45-46,48-65H2,1-3H3/b10-7-,19-16-,20-17-,24-21-,27-25-,28-26-,32-31-,35-34-,39-38-,40-37-,47-44-. The molecule has 1 unspecified atom stereocenters. The zero-order chi connectivity index (χ0) is 54.3. The first-order valence-corrected chi connectivity index (χ1v) is 30.7. The van der Waals surface area contributed by atoms with Crippen molar-refractivity contribution >= 4 is 17.9 Å². The number of allylic oxidation sites excluding steroid dienone is 22. The average Bonchev–Trinajstić information content (AvgIpc) is 3.41. The van der Waals surface area contributed by atoms with Gasteiger partial charge < -0.3 is 14.2 Å². The molecule has 6 heteroatoms. The quantitative estimate of drug-likeness (QED) is 0.0261. The van der Waals surface area contributed by atoms with Gasteiger partial charge in [0, 0.05) is 19.3 Å². The molecule has 0 heterocycles. The second-order valence-electron chi connectivity index (χ2n) is 19.9. The molecule has 0 aliphatic rings. The van der Waals surface area contributed by atoms with E-state index in [1.54, 1.807) is 0 Å². The lowest BCUT2D eigenvalue weighted by Crippen LogP contribution is -2.30. The molecule has 424 valence electrons. The molecule has 6 nitrogen and oxygen atoms in total. The first kappa shape index (κ1) is 70.5. The molecule has 0 aliphatic carbocycles. The molecule has 0 amide bonds. The highest BCUT2D eigenvalue weighted by Gasteiger charge is 2.19. The SMILES string of the molecule is CC/C=C\C/C=C\C/C=C\C/C=C\C/C=C\C/C=C\C/C=C\CCCCCC(=O)OCC(COC(=O)CCCCCCC/C=C\CCCCCC)OC(=O)CCCCCCCC/C=C\C/C=C\C/C=C\CCCCC. The molecule has 0 bridgehead atoms. The van der Waals surface area contributed by atoms with E-state index >= 15 is 0 Å². The van der Waals surface area contributed by atoms with E-state index in [1.807, 2.05) is 0 Å².